The standard InChI is InChI=1S/C48H91NO4/c1-3-5-7-9-11-13-14-15-16-17-18-19-20-21-22-23-24-25-26-27-28-29-30-31-32-33-35-37-39-41-43-47(52)48(53)49-45(44-50)46(51)42-40-38-36-34-12-10-8-6-4-2/h18-19,21-22,40,42,45-47,50-52H,3-17,20,23-39,41,43-44H2,1-2H3,(H,49,53)/b19-18-,22-21-,42-40+. The molecule has 0 radical (unpaired) electrons. The van der Waals surface area contributed by atoms with Gasteiger partial charge in [-0.15, -0.1) is 0 Å². The highest BCUT2D eigenvalue weighted by Gasteiger charge is 2.22. The molecule has 53 heavy (non-hydrogen) atoms. The summed E-state index contributed by atoms with van der Waals surface area (Å²) in [6, 6.07) is -0.795. The zero-order chi connectivity index (χ0) is 38.7. The molecule has 0 aromatic rings. The summed E-state index contributed by atoms with van der Waals surface area (Å²) in [4.78, 5) is 12.4. The van der Waals surface area contributed by atoms with Gasteiger partial charge in [-0.1, -0.05) is 224 Å². The van der Waals surface area contributed by atoms with Gasteiger partial charge in [0.15, 0.2) is 0 Å². The average Bonchev–Trinajstić information content (AvgIpc) is 3.16. The molecular weight excluding hydrogens is 655 g/mol. The first-order valence-electron chi connectivity index (χ1n) is 23.3. The maximum atomic E-state index is 12.4. The van der Waals surface area contributed by atoms with Crippen molar-refractivity contribution in [1.82, 2.24) is 5.32 Å². The van der Waals surface area contributed by atoms with Crippen LogP contribution in [0.3, 0.4) is 0 Å². The molecule has 3 unspecified atom stereocenters. The maximum absolute atomic E-state index is 12.4. The predicted molar refractivity (Wildman–Crippen MR) is 231 cm³/mol. The molecule has 0 aliphatic carbocycles. The lowest BCUT2D eigenvalue weighted by atomic mass is 10.0. The van der Waals surface area contributed by atoms with Crippen LogP contribution in [-0.4, -0.2) is 46.1 Å². The van der Waals surface area contributed by atoms with Crippen LogP contribution < -0.4 is 5.32 Å². The van der Waals surface area contributed by atoms with Crippen LogP contribution in [0.25, 0.3) is 0 Å². The van der Waals surface area contributed by atoms with Gasteiger partial charge in [-0.25, -0.2) is 0 Å². The van der Waals surface area contributed by atoms with Crippen molar-refractivity contribution in [3.63, 3.8) is 0 Å². The summed E-state index contributed by atoms with van der Waals surface area (Å²) in [7, 11) is 0. The molecule has 0 aromatic heterocycles. The number of aliphatic hydroxyl groups is 3. The molecule has 4 N–H and O–H groups in total. The van der Waals surface area contributed by atoms with E-state index in [1.165, 1.54) is 180 Å². The Bertz CT molecular complexity index is 824. The van der Waals surface area contributed by atoms with Crippen LogP contribution in [0.2, 0.25) is 0 Å². The van der Waals surface area contributed by atoms with Gasteiger partial charge in [0.2, 0.25) is 5.91 Å². The molecule has 0 bridgehead atoms. The van der Waals surface area contributed by atoms with E-state index in [9.17, 15) is 20.1 Å². The van der Waals surface area contributed by atoms with Crippen molar-refractivity contribution >= 4 is 5.91 Å². The molecule has 0 spiro atoms. The van der Waals surface area contributed by atoms with Crippen molar-refractivity contribution in [1.29, 1.82) is 0 Å². The third kappa shape index (κ3) is 38.6. The molecule has 0 fully saturated rings. The molecule has 0 aromatic carbocycles. The first-order chi connectivity index (χ1) is 26.1. The quantitative estimate of drug-likeness (QED) is 0.0370. The first kappa shape index (κ1) is 51.6. The fraction of sp³-hybridized carbons (Fsp3) is 0.854. The molecule has 0 aliphatic heterocycles. The fourth-order valence-corrected chi connectivity index (χ4v) is 7.04. The zero-order valence-electron chi connectivity index (χ0n) is 35.4. The number of carbonyl (C=O) groups excluding carboxylic acids is 1. The Hall–Kier alpha value is -1.43. The number of hydrogen-bond acceptors (Lipinski definition) is 4. The molecule has 0 rings (SSSR count). The van der Waals surface area contributed by atoms with Crippen molar-refractivity contribution in [2.24, 2.45) is 0 Å². The lowest BCUT2D eigenvalue weighted by molar-refractivity contribution is -0.131. The highest BCUT2D eigenvalue weighted by molar-refractivity contribution is 5.80. The van der Waals surface area contributed by atoms with Crippen LogP contribution in [0.1, 0.15) is 239 Å². The van der Waals surface area contributed by atoms with E-state index in [4.69, 9.17) is 0 Å². The Balaban J connectivity index is 3.53. The maximum Gasteiger partial charge on any atom is 0.249 e. The third-order valence-corrected chi connectivity index (χ3v) is 10.7. The number of rotatable bonds is 42. The molecule has 3 atom stereocenters. The monoisotopic (exact) mass is 746 g/mol. The highest BCUT2D eigenvalue weighted by Crippen LogP contribution is 2.15. The average molecular weight is 746 g/mol. The van der Waals surface area contributed by atoms with Crippen LogP contribution in [0.5, 0.6) is 0 Å². The lowest BCUT2D eigenvalue weighted by Gasteiger charge is -2.21. The van der Waals surface area contributed by atoms with E-state index in [1.807, 2.05) is 6.08 Å². The van der Waals surface area contributed by atoms with Gasteiger partial charge >= 0.3 is 0 Å². The van der Waals surface area contributed by atoms with Crippen LogP contribution in [0, 0.1) is 0 Å². The van der Waals surface area contributed by atoms with Gasteiger partial charge in [-0.3, -0.25) is 4.79 Å². The van der Waals surface area contributed by atoms with Crippen LogP contribution in [-0.2, 0) is 4.79 Å². The number of nitrogens with one attached hydrogen (secondary N) is 1. The summed E-state index contributed by atoms with van der Waals surface area (Å²) in [6.07, 6.45) is 54.9. The Labute approximate surface area is 330 Å². The molecule has 0 heterocycles. The van der Waals surface area contributed by atoms with E-state index in [2.05, 4.69) is 43.5 Å². The van der Waals surface area contributed by atoms with Crippen molar-refractivity contribution in [2.45, 2.75) is 257 Å². The summed E-state index contributed by atoms with van der Waals surface area (Å²) in [5.74, 6) is -0.506. The largest absolute Gasteiger partial charge is 0.394 e. The SMILES string of the molecule is CCCCCCCCC/C=C/C(O)C(CO)NC(=O)C(O)CCCCCCCCCCCCCCCC/C=C\C/C=C\CCCCCCCCCCC. The van der Waals surface area contributed by atoms with Crippen LogP contribution in [0.4, 0.5) is 0 Å². The number of amides is 1. The molecule has 312 valence electrons. The summed E-state index contributed by atoms with van der Waals surface area (Å²) < 4.78 is 0. The Morgan fingerprint density at radius 3 is 1.19 bits per heavy atom. The second kappa shape index (κ2) is 43.3. The second-order valence-electron chi connectivity index (χ2n) is 16.0. The molecule has 1 amide bonds. The highest BCUT2D eigenvalue weighted by atomic mass is 16.3. The second-order valence-corrected chi connectivity index (χ2v) is 16.0. The minimum Gasteiger partial charge on any atom is -0.394 e. The van der Waals surface area contributed by atoms with Gasteiger partial charge in [0, 0.05) is 0 Å². The van der Waals surface area contributed by atoms with Gasteiger partial charge in [-0.2, -0.15) is 0 Å². The summed E-state index contributed by atoms with van der Waals surface area (Å²) >= 11 is 0. The minimum atomic E-state index is -1.10. The Morgan fingerprint density at radius 2 is 0.811 bits per heavy atom. The molecule has 0 saturated heterocycles. The number of carbonyl (C=O) groups is 1. The first-order valence-corrected chi connectivity index (χ1v) is 23.3. The fourth-order valence-electron chi connectivity index (χ4n) is 7.04. The van der Waals surface area contributed by atoms with E-state index in [-0.39, 0.29) is 6.61 Å². The van der Waals surface area contributed by atoms with Crippen LogP contribution >= 0.6 is 0 Å². The number of hydrogen-bond donors (Lipinski definition) is 4. The predicted octanol–water partition coefficient (Wildman–Crippen LogP) is 13.5. The van der Waals surface area contributed by atoms with Crippen molar-refractivity contribution in [3.8, 4) is 0 Å². The topological polar surface area (TPSA) is 89.8 Å². The van der Waals surface area contributed by atoms with Gasteiger partial charge in [-0.05, 0) is 51.4 Å². The molecule has 0 aliphatic rings. The van der Waals surface area contributed by atoms with E-state index < -0.39 is 24.2 Å². The Morgan fingerprint density at radius 1 is 0.472 bits per heavy atom. The molecular formula is C48H91NO4. The van der Waals surface area contributed by atoms with Crippen molar-refractivity contribution in [3.05, 3.63) is 36.5 Å². The minimum absolute atomic E-state index is 0.364. The van der Waals surface area contributed by atoms with Crippen LogP contribution in [0.15, 0.2) is 36.5 Å². The van der Waals surface area contributed by atoms with Gasteiger partial charge < -0.3 is 20.6 Å². The molecule has 0 saturated carbocycles. The third-order valence-electron chi connectivity index (χ3n) is 10.7. The molecule has 5 nitrogen and oxygen atoms in total. The zero-order valence-corrected chi connectivity index (χ0v) is 35.4. The van der Waals surface area contributed by atoms with Gasteiger partial charge in [0.25, 0.3) is 0 Å². The van der Waals surface area contributed by atoms with Crippen molar-refractivity contribution in [2.75, 3.05) is 6.61 Å². The number of aliphatic hydroxyl groups excluding tert-OH is 3. The lowest BCUT2D eigenvalue weighted by Crippen LogP contribution is -2.48. The van der Waals surface area contributed by atoms with E-state index in [0.29, 0.717) is 6.42 Å². The summed E-state index contributed by atoms with van der Waals surface area (Å²) in [5.41, 5.74) is 0. The Kier molecular flexibility index (Phi) is 42.1. The number of unbranched alkanes of at least 4 members (excludes halogenated alkanes) is 30. The van der Waals surface area contributed by atoms with Crippen molar-refractivity contribution < 1.29 is 20.1 Å². The van der Waals surface area contributed by atoms with E-state index in [0.717, 1.165) is 38.5 Å². The van der Waals surface area contributed by atoms with E-state index >= 15 is 0 Å². The normalized spacial score (nSPS) is 13.8. The van der Waals surface area contributed by atoms with Gasteiger partial charge in [0.1, 0.15) is 6.10 Å². The smallest absolute Gasteiger partial charge is 0.249 e. The molecule has 5 heteroatoms. The number of allylic oxidation sites excluding steroid dienone is 5. The summed E-state index contributed by atoms with van der Waals surface area (Å²) in [6.45, 7) is 4.15. The van der Waals surface area contributed by atoms with Gasteiger partial charge in [0.05, 0.1) is 18.8 Å². The van der Waals surface area contributed by atoms with E-state index in [1.54, 1.807) is 6.08 Å². The summed E-state index contributed by atoms with van der Waals surface area (Å²) in [5, 5.41) is 33.0.